The molecule has 1 saturated heterocycles. The van der Waals surface area contributed by atoms with Crippen molar-refractivity contribution in [1.29, 1.82) is 0 Å². The van der Waals surface area contributed by atoms with Crippen LogP contribution in [0.3, 0.4) is 0 Å². The summed E-state index contributed by atoms with van der Waals surface area (Å²) in [4.78, 5) is 11.6. The third-order valence-electron chi connectivity index (χ3n) is 3.82. The van der Waals surface area contributed by atoms with Gasteiger partial charge in [-0.05, 0) is 6.42 Å². The number of hydrogen-bond donors (Lipinski definition) is 1. The van der Waals surface area contributed by atoms with Crippen molar-refractivity contribution >= 4 is 29.1 Å². The van der Waals surface area contributed by atoms with Gasteiger partial charge < -0.3 is 10.2 Å². The van der Waals surface area contributed by atoms with Gasteiger partial charge in [0.15, 0.2) is 5.96 Å². The summed E-state index contributed by atoms with van der Waals surface area (Å²) >= 11 is 3.81. The van der Waals surface area contributed by atoms with E-state index in [-0.39, 0.29) is 5.41 Å². The van der Waals surface area contributed by atoms with Gasteiger partial charge in [-0.15, -0.1) is 11.3 Å². The first-order valence-corrected chi connectivity index (χ1v) is 9.89. The van der Waals surface area contributed by atoms with Gasteiger partial charge in [0.2, 0.25) is 0 Å². The zero-order chi connectivity index (χ0) is 16.2. The first kappa shape index (κ1) is 17.6. The van der Waals surface area contributed by atoms with E-state index in [1.54, 1.807) is 11.3 Å². The Kier molecular flexibility index (Phi) is 6.15. The van der Waals surface area contributed by atoms with Crippen LogP contribution in [0.4, 0.5) is 0 Å². The highest BCUT2D eigenvalue weighted by atomic mass is 32.2. The molecular formula is C16H28N4S2. The molecule has 1 aromatic heterocycles. The molecule has 22 heavy (non-hydrogen) atoms. The van der Waals surface area contributed by atoms with Gasteiger partial charge in [-0.3, -0.25) is 4.99 Å². The second-order valence-corrected chi connectivity index (χ2v) is 8.98. The largest absolute Gasteiger partial charge is 0.350 e. The molecule has 0 spiro atoms. The number of nitrogens with zero attached hydrogens (tertiary/aromatic N) is 3. The summed E-state index contributed by atoms with van der Waals surface area (Å²) in [6.07, 6.45) is 1.22. The summed E-state index contributed by atoms with van der Waals surface area (Å²) in [6.45, 7) is 11.8. The summed E-state index contributed by atoms with van der Waals surface area (Å²) < 4.78 is 0. The Morgan fingerprint density at radius 2 is 2.27 bits per heavy atom. The zero-order valence-electron chi connectivity index (χ0n) is 14.3. The SMILES string of the molecule is CCC1CN(C(=NC)NCc2nc(C(C)(C)C)cs2)CCS1. The number of aromatic nitrogens is 1. The minimum absolute atomic E-state index is 0.120. The average molecular weight is 341 g/mol. The van der Waals surface area contributed by atoms with Crippen molar-refractivity contribution in [3.05, 3.63) is 16.1 Å². The average Bonchev–Trinajstić information content (AvgIpc) is 2.97. The van der Waals surface area contributed by atoms with Crippen molar-refractivity contribution in [1.82, 2.24) is 15.2 Å². The highest BCUT2D eigenvalue weighted by molar-refractivity contribution is 8.00. The van der Waals surface area contributed by atoms with Gasteiger partial charge in [0.25, 0.3) is 0 Å². The number of aliphatic imine (C=N–C) groups is 1. The van der Waals surface area contributed by atoms with E-state index in [2.05, 4.69) is 60.0 Å². The standard InChI is InChI=1S/C16H28N4S2/c1-6-12-10-20(7-8-21-12)15(17-5)18-9-14-19-13(11-22-14)16(2,3)4/h11-12H,6-10H2,1-5H3,(H,17,18). The van der Waals surface area contributed by atoms with E-state index >= 15 is 0 Å². The molecule has 6 heteroatoms. The first-order valence-electron chi connectivity index (χ1n) is 7.96. The van der Waals surface area contributed by atoms with E-state index in [0.717, 1.165) is 35.9 Å². The number of thioether (sulfide) groups is 1. The van der Waals surface area contributed by atoms with Crippen LogP contribution in [-0.4, -0.2) is 47.0 Å². The predicted octanol–water partition coefficient (Wildman–Crippen LogP) is 3.34. The first-order chi connectivity index (χ1) is 10.4. The number of rotatable bonds is 3. The van der Waals surface area contributed by atoms with E-state index in [4.69, 9.17) is 4.98 Å². The van der Waals surface area contributed by atoms with E-state index in [1.165, 1.54) is 17.9 Å². The Morgan fingerprint density at radius 3 is 2.86 bits per heavy atom. The maximum Gasteiger partial charge on any atom is 0.194 e. The smallest absolute Gasteiger partial charge is 0.194 e. The van der Waals surface area contributed by atoms with Crippen LogP contribution in [0.15, 0.2) is 10.4 Å². The van der Waals surface area contributed by atoms with Gasteiger partial charge in [0.1, 0.15) is 5.01 Å². The summed E-state index contributed by atoms with van der Waals surface area (Å²) in [5.41, 5.74) is 1.29. The lowest BCUT2D eigenvalue weighted by Crippen LogP contribution is -2.47. The number of hydrogen-bond acceptors (Lipinski definition) is 4. The molecule has 4 nitrogen and oxygen atoms in total. The molecule has 0 saturated carbocycles. The quantitative estimate of drug-likeness (QED) is 0.677. The fourth-order valence-corrected chi connectivity index (χ4v) is 4.52. The normalized spacial score (nSPS) is 20.3. The molecule has 1 aromatic rings. The maximum absolute atomic E-state index is 4.74. The molecule has 1 aliphatic rings. The fourth-order valence-electron chi connectivity index (χ4n) is 2.38. The van der Waals surface area contributed by atoms with Crippen molar-refractivity contribution in [3.8, 4) is 0 Å². The Hall–Kier alpha value is -0.750. The lowest BCUT2D eigenvalue weighted by Gasteiger charge is -2.34. The van der Waals surface area contributed by atoms with Crippen LogP contribution in [0.5, 0.6) is 0 Å². The van der Waals surface area contributed by atoms with Crippen LogP contribution in [0.1, 0.15) is 44.8 Å². The van der Waals surface area contributed by atoms with Crippen molar-refractivity contribution < 1.29 is 0 Å². The van der Waals surface area contributed by atoms with Crippen molar-refractivity contribution in [2.24, 2.45) is 4.99 Å². The number of guanidine groups is 1. The zero-order valence-corrected chi connectivity index (χ0v) is 16.0. The third kappa shape index (κ3) is 4.62. The molecular weight excluding hydrogens is 312 g/mol. The highest BCUT2D eigenvalue weighted by Crippen LogP contribution is 2.24. The summed E-state index contributed by atoms with van der Waals surface area (Å²) in [6, 6.07) is 0. The van der Waals surface area contributed by atoms with Gasteiger partial charge in [-0.2, -0.15) is 11.8 Å². The van der Waals surface area contributed by atoms with E-state index in [1.807, 2.05) is 7.05 Å². The second kappa shape index (κ2) is 7.68. The monoisotopic (exact) mass is 340 g/mol. The van der Waals surface area contributed by atoms with Crippen molar-refractivity contribution in [3.63, 3.8) is 0 Å². The molecule has 0 bridgehead atoms. The Labute approximate surface area is 142 Å². The molecule has 1 atom stereocenters. The molecule has 1 aliphatic heterocycles. The maximum atomic E-state index is 4.74. The third-order valence-corrected chi connectivity index (χ3v) is 6.04. The molecule has 0 aromatic carbocycles. The molecule has 124 valence electrons. The van der Waals surface area contributed by atoms with Crippen molar-refractivity contribution in [2.45, 2.75) is 51.3 Å². The molecule has 1 unspecified atom stereocenters. The molecule has 0 aliphatic carbocycles. The lowest BCUT2D eigenvalue weighted by molar-refractivity contribution is 0.408. The summed E-state index contributed by atoms with van der Waals surface area (Å²) in [5, 5.41) is 7.50. The second-order valence-electron chi connectivity index (χ2n) is 6.62. The molecule has 0 amide bonds. The van der Waals surface area contributed by atoms with Crippen LogP contribution in [0.2, 0.25) is 0 Å². The molecule has 1 N–H and O–H groups in total. The minimum atomic E-state index is 0.120. The van der Waals surface area contributed by atoms with Gasteiger partial charge >= 0.3 is 0 Å². The molecule has 2 heterocycles. The van der Waals surface area contributed by atoms with Crippen LogP contribution in [0.25, 0.3) is 0 Å². The molecule has 2 rings (SSSR count). The van der Waals surface area contributed by atoms with Crippen LogP contribution in [0, 0.1) is 0 Å². The van der Waals surface area contributed by atoms with Crippen molar-refractivity contribution in [2.75, 3.05) is 25.9 Å². The summed E-state index contributed by atoms with van der Waals surface area (Å²) in [5.74, 6) is 2.19. The lowest BCUT2D eigenvalue weighted by atomic mass is 9.93. The van der Waals surface area contributed by atoms with E-state index in [9.17, 15) is 0 Å². The van der Waals surface area contributed by atoms with Crippen LogP contribution >= 0.6 is 23.1 Å². The topological polar surface area (TPSA) is 40.5 Å². The van der Waals surface area contributed by atoms with Gasteiger partial charge in [-0.25, -0.2) is 4.98 Å². The molecule has 0 radical (unpaired) electrons. The van der Waals surface area contributed by atoms with E-state index < -0.39 is 0 Å². The highest BCUT2D eigenvalue weighted by Gasteiger charge is 2.22. The molecule has 1 fully saturated rings. The predicted molar refractivity (Wildman–Crippen MR) is 99.1 cm³/mol. The minimum Gasteiger partial charge on any atom is -0.350 e. The van der Waals surface area contributed by atoms with Crippen LogP contribution in [-0.2, 0) is 12.0 Å². The summed E-state index contributed by atoms with van der Waals surface area (Å²) in [7, 11) is 1.87. The Bertz CT molecular complexity index is 504. The number of thiazole rings is 1. The Balaban J connectivity index is 1.92. The van der Waals surface area contributed by atoms with E-state index in [0.29, 0.717) is 0 Å². The fraction of sp³-hybridized carbons (Fsp3) is 0.750. The van der Waals surface area contributed by atoms with Crippen LogP contribution < -0.4 is 5.32 Å². The van der Waals surface area contributed by atoms with Gasteiger partial charge in [0, 0.05) is 41.9 Å². The Morgan fingerprint density at radius 1 is 1.50 bits per heavy atom. The number of nitrogens with one attached hydrogen (secondary N) is 1. The van der Waals surface area contributed by atoms with Gasteiger partial charge in [-0.1, -0.05) is 27.7 Å². The van der Waals surface area contributed by atoms with Gasteiger partial charge in [0.05, 0.1) is 12.2 Å².